The van der Waals surface area contributed by atoms with Crippen LogP contribution in [0.25, 0.3) is 0 Å². The SMILES string of the molecule is CCN(CC)CCOc1ccc(NC(=O)C2CCOC2)cc1.Cl. The van der Waals surface area contributed by atoms with Crippen molar-refractivity contribution in [2.24, 2.45) is 5.92 Å². The molecule has 1 saturated heterocycles. The highest BCUT2D eigenvalue weighted by atomic mass is 35.5. The third-order valence-corrected chi connectivity index (χ3v) is 3.99. The molecule has 0 radical (unpaired) electrons. The van der Waals surface area contributed by atoms with Crippen LogP contribution in [-0.2, 0) is 9.53 Å². The number of nitrogens with zero attached hydrogens (tertiary/aromatic N) is 1. The van der Waals surface area contributed by atoms with Crippen LogP contribution in [0.4, 0.5) is 5.69 Å². The largest absolute Gasteiger partial charge is 0.492 e. The predicted octanol–water partition coefficient (Wildman–Crippen LogP) is 2.80. The zero-order chi connectivity index (χ0) is 15.8. The minimum absolute atomic E-state index is 0. The number of ether oxygens (including phenoxy) is 2. The molecule has 2 rings (SSSR count). The van der Waals surface area contributed by atoms with Crippen LogP contribution < -0.4 is 10.1 Å². The highest BCUT2D eigenvalue weighted by Gasteiger charge is 2.23. The van der Waals surface area contributed by atoms with Gasteiger partial charge in [-0.25, -0.2) is 0 Å². The minimum atomic E-state index is -0.0232. The van der Waals surface area contributed by atoms with E-state index in [1.807, 2.05) is 24.3 Å². The second-order valence-corrected chi connectivity index (χ2v) is 5.45. The van der Waals surface area contributed by atoms with E-state index in [4.69, 9.17) is 9.47 Å². The third kappa shape index (κ3) is 6.37. The van der Waals surface area contributed by atoms with Crippen molar-refractivity contribution in [3.8, 4) is 5.75 Å². The maximum Gasteiger partial charge on any atom is 0.229 e. The summed E-state index contributed by atoms with van der Waals surface area (Å²) >= 11 is 0. The second kappa shape index (κ2) is 10.5. The number of anilines is 1. The van der Waals surface area contributed by atoms with Gasteiger partial charge in [-0.15, -0.1) is 12.4 Å². The average molecular weight is 343 g/mol. The van der Waals surface area contributed by atoms with E-state index in [2.05, 4.69) is 24.1 Å². The fraction of sp³-hybridized carbons (Fsp3) is 0.588. The molecule has 1 N–H and O–H groups in total. The van der Waals surface area contributed by atoms with Crippen molar-refractivity contribution >= 4 is 24.0 Å². The van der Waals surface area contributed by atoms with Crippen LogP contribution in [0, 0.1) is 5.92 Å². The summed E-state index contributed by atoms with van der Waals surface area (Å²) < 4.78 is 11.0. The van der Waals surface area contributed by atoms with Crippen molar-refractivity contribution in [1.29, 1.82) is 0 Å². The third-order valence-electron chi connectivity index (χ3n) is 3.99. The van der Waals surface area contributed by atoms with Crippen LogP contribution in [-0.4, -0.2) is 50.3 Å². The van der Waals surface area contributed by atoms with E-state index in [1.165, 1.54) is 0 Å². The molecule has 1 atom stereocenters. The fourth-order valence-electron chi connectivity index (χ4n) is 2.45. The van der Waals surface area contributed by atoms with E-state index in [-0.39, 0.29) is 24.2 Å². The number of rotatable bonds is 8. The number of nitrogens with one attached hydrogen (secondary N) is 1. The van der Waals surface area contributed by atoms with Crippen molar-refractivity contribution in [1.82, 2.24) is 4.90 Å². The van der Waals surface area contributed by atoms with Crippen LogP contribution in [0.1, 0.15) is 20.3 Å². The second-order valence-electron chi connectivity index (χ2n) is 5.45. The molecular weight excluding hydrogens is 316 g/mol. The lowest BCUT2D eigenvalue weighted by Gasteiger charge is -2.18. The minimum Gasteiger partial charge on any atom is -0.492 e. The van der Waals surface area contributed by atoms with Gasteiger partial charge in [-0.3, -0.25) is 4.79 Å². The highest BCUT2D eigenvalue weighted by molar-refractivity contribution is 5.92. The molecule has 1 aliphatic rings. The van der Waals surface area contributed by atoms with Gasteiger partial charge in [0.25, 0.3) is 0 Å². The number of hydrogen-bond donors (Lipinski definition) is 1. The first-order valence-corrected chi connectivity index (χ1v) is 8.06. The molecule has 1 amide bonds. The molecule has 1 aromatic carbocycles. The number of likely N-dealkylation sites (N-methyl/N-ethyl adjacent to an activating group) is 1. The Kier molecular flexibility index (Phi) is 8.99. The van der Waals surface area contributed by atoms with Crippen molar-refractivity contribution in [2.75, 3.05) is 44.8 Å². The van der Waals surface area contributed by atoms with Crippen LogP contribution in [0.2, 0.25) is 0 Å². The Bertz CT molecular complexity index is 457. The molecule has 1 heterocycles. The molecule has 0 aliphatic carbocycles. The molecule has 1 fully saturated rings. The van der Waals surface area contributed by atoms with Gasteiger partial charge in [0.05, 0.1) is 12.5 Å². The Morgan fingerprint density at radius 2 is 2.00 bits per heavy atom. The van der Waals surface area contributed by atoms with E-state index < -0.39 is 0 Å². The summed E-state index contributed by atoms with van der Waals surface area (Å²) in [5.41, 5.74) is 0.799. The molecule has 23 heavy (non-hydrogen) atoms. The van der Waals surface area contributed by atoms with E-state index >= 15 is 0 Å². The standard InChI is InChI=1S/C17H26N2O3.ClH/c1-3-19(4-2)10-12-22-16-7-5-15(6-8-16)18-17(20)14-9-11-21-13-14;/h5-8,14H,3-4,9-13H2,1-2H3,(H,18,20);1H. The molecule has 0 spiro atoms. The van der Waals surface area contributed by atoms with Gasteiger partial charge in [0.2, 0.25) is 5.91 Å². The molecule has 0 bridgehead atoms. The fourth-order valence-corrected chi connectivity index (χ4v) is 2.45. The van der Waals surface area contributed by atoms with Gasteiger partial charge < -0.3 is 19.7 Å². The zero-order valence-corrected chi connectivity index (χ0v) is 14.7. The molecule has 5 nitrogen and oxygen atoms in total. The highest BCUT2D eigenvalue weighted by Crippen LogP contribution is 2.18. The number of benzene rings is 1. The summed E-state index contributed by atoms with van der Waals surface area (Å²) in [6.45, 7) is 9.17. The number of carbonyl (C=O) groups excluding carboxylic acids is 1. The van der Waals surface area contributed by atoms with Gasteiger partial charge in [0, 0.05) is 18.8 Å². The van der Waals surface area contributed by atoms with E-state index in [1.54, 1.807) is 0 Å². The van der Waals surface area contributed by atoms with Crippen molar-refractivity contribution in [3.63, 3.8) is 0 Å². The molecule has 0 aromatic heterocycles. The maximum atomic E-state index is 12.0. The molecule has 1 aliphatic heterocycles. The lowest BCUT2D eigenvalue weighted by atomic mass is 10.1. The number of halogens is 1. The summed E-state index contributed by atoms with van der Waals surface area (Å²) in [6.07, 6.45) is 0.804. The predicted molar refractivity (Wildman–Crippen MR) is 94.5 cm³/mol. The van der Waals surface area contributed by atoms with Gasteiger partial charge >= 0.3 is 0 Å². The van der Waals surface area contributed by atoms with Gasteiger partial charge in [-0.2, -0.15) is 0 Å². The van der Waals surface area contributed by atoms with Crippen molar-refractivity contribution in [2.45, 2.75) is 20.3 Å². The van der Waals surface area contributed by atoms with Crippen LogP contribution in [0.5, 0.6) is 5.75 Å². The Balaban J connectivity index is 0.00000264. The first-order valence-electron chi connectivity index (χ1n) is 8.06. The number of amides is 1. The van der Waals surface area contributed by atoms with Crippen molar-refractivity contribution < 1.29 is 14.3 Å². The monoisotopic (exact) mass is 342 g/mol. The summed E-state index contributed by atoms with van der Waals surface area (Å²) in [5, 5.41) is 2.92. The summed E-state index contributed by atoms with van der Waals surface area (Å²) in [7, 11) is 0. The summed E-state index contributed by atoms with van der Waals surface area (Å²) in [6, 6.07) is 7.53. The Hall–Kier alpha value is -1.30. The number of carbonyl (C=O) groups is 1. The van der Waals surface area contributed by atoms with Gasteiger partial charge in [-0.05, 0) is 43.8 Å². The van der Waals surface area contributed by atoms with Crippen LogP contribution in [0.15, 0.2) is 24.3 Å². The molecule has 6 heteroatoms. The lowest BCUT2D eigenvalue weighted by Crippen LogP contribution is -2.27. The Morgan fingerprint density at radius 3 is 2.57 bits per heavy atom. The molecule has 1 aromatic rings. The van der Waals surface area contributed by atoms with Crippen molar-refractivity contribution in [3.05, 3.63) is 24.3 Å². The Morgan fingerprint density at radius 1 is 1.30 bits per heavy atom. The molecule has 130 valence electrons. The quantitative estimate of drug-likeness (QED) is 0.789. The van der Waals surface area contributed by atoms with E-state index in [0.717, 1.165) is 37.5 Å². The molecular formula is C17H27ClN2O3. The van der Waals surface area contributed by atoms with Gasteiger partial charge in [0.15, 0.2) is 0 Å². The lowest BCUT2D eigenvalue weighted by molar-refractivity contribution is -0.119. The molecule has 1 unspecified atom stereocenters. The normalized spacial score (nSPS) is 16.9. The summed E-state index contributed by atoms with van der Waals surface area (Å²) in [4.78, 5) is 14.3. The average Bonchev–Trinajstić information content (AvgIpc) is 3.08. The van der Waals surface area contributed by atoms with Gasteiger partial charge in [0.1, 0.15) is 12.4 Å². The van der Waals surface area contributed by atoms with Crippen LogP contribution in [0.3, 0.4) is 0 Å². The first kappa shape index (κ1) is 19.7. The first-order chi connectivity index (χ1) is 10.7. The number of hydrogen-bond acceptors (Lipinski definition) is 4. The topological polar surface area (TPSA) is 50.8 Å². The van der Waals surface area contributed by atoms with Crippen LogP contribution >= 0.6 is 12.4 Å². The molecule has 0 saturated carbocycles. The summed E-state index contributed by atoms with van der Waals surface area (Å²) in [5.74, 6) is 0.840. The smallest absolute Gasteiger partial charge is 0.229 e. The Labute approximate surface area is 144 Å². The zero-order valence-electron chi connectivity index (χ0n) is 13.9. The van der Waals surface area contributed by atoms with Gasteiger partial charge in [-0.1, -0.05) is 13.8 Å². The van der Waals surface area contributed by atoms with E-state index in [0.29, 0.717) is 19.8 Å². The maximum absolute atomic E-state index is 12.0. The van der Waals surface area contributed by atoms with E-state index in [9.17, 15) is 4.79 Å².